The van der Waals surface area contributed by atoms with E-state index in [9.17, 15) is 9.18 Å². The van der Waals surface area contributed by atoms with E-state index in [-0.39, 0.29) is 5.82 Å². The Balaban J connectivity index is 2.27. The fourth-order valence-corrected chi connectivity index (χ4v) is 2.00. The molecule has 0 aliphatic carbocycles. The Morgan fingerprint density at radius 2 is 1.90 bits per heavy atom. The number of rotatable bonds is 4. The van der Waals surface area contributed by atoms with Crippen molar-refractivity contribution in [1.29, 1.82) is 0 Å². The van der Waals surface area contributed by atoms with Crippen molar-refractivity contribution in [1.82, 2.24) is 0 Å². The van der Waals surface area contributed by atoms with Crippen molar-refractivity contribution >= 4 is 23.2 Å². The highest BCUT2D eigenvalue weighted by atomic mass is 35.5. The summed E-state index contributed by atoms with van der Waals surface area (Å²) in [6, 6.07) is 10.2. The fourth-order valence-electron chi connectivity index (χ4n) is 1.82. The summed E-state index contributed by atoms with van der Waals surface area (Å²) < 4.78 is 12.9. The molecule has 1 atom stereocenters. The number of carbonyl (C=O) groups is 1. The average Bonchev–Trinajstić information content (AvgIpc) is 2.41. The van der Waals surface area contributed by atoms with Gasteiger partial charge in [0.1, 0.15) is 11.9 Å². The lowest BCUT2D eigenvalue weighted by Crippen LogP contribution is -2.27. The monoisotopic (exact) mass is 292 g/mol. The molecule has 0 aliphatic rings. The van der Waals surface area contributed by atoms with Gasteiger partial charge in [0.2, 0.25) is 5.91 Å². The van der Waals surface area contributed by atoms with E-state index in [1.807, 2.05) is 13.0 Å². The van der Waals surface area contributed by atoms with Gasteiger partial charge in [0, 0.05) is 10.7 Å². The van der Waals surface area contributed by atoms with Gasteiger partial charge in [-0.25, -0.2) is 4.39 Å². The Morgan fingerprint density at radius 3 is 2.45 bits per heavy atom. The molecule has 3 nitrogen and oxygen atoms in total. The van der Waals surface area contributed by atoms with Crippen molar-refractivity contribution in [2.75, 3.05) is 5.32 Å². The summed E-state index contributed by atoms with van der Waals surface area (Å²) in [5.41, 5.74) is 7.60. The van der Waals surface area contributed by atoms with Gasteiger partial charge in [0.15, 0.2) is 0 Å². The van der Waals surface area contributed by atoms with Crippen LogP contribution >= 0.6 is 11.6 Å². The Bertz CT molecular complexity index is 628. The second kappa shape index (κ2) is 5.92. The van der Waals surface area contributed by atoms with E-state index < -0.39 is 11.9 Å². The molecule has 0 aromatic heterocycles. The molecule has 0 saturated carbocycles. The first-order chi connectivity index (χ1) is 9.47. The average molecular weight is 293 g/mol. The molecule has 20 heavy (non-hydrogen) atoms. The van der Waals surface area contributed by atoms with Crippen LogP contribution in [0.1, 0.15) is 17.2 Å². The SMILES string of the molecule is Cc1ccc(NC(C(N)=O)c2ccc(F)cc2)cc1Cl. The van der Waals surface area contributed by atoms with Crippen molar-refractivity contribution in [3.8, 4) is 0 Å². The molecule has 0 spiro atoms. The standard InChI is InChI=1S/C15H14ClFN2O/c1-9-2-7-12(8-13(9)16)19-14(15(18)20)10-3-5-11(17)6-4-10/h2-8,14,19H,1H3,(H2,18,20). The topological polar surface area (TPSA) is 55.1 Å². The predicted octanol–water partition coefficient (Wildman–Crippen LogP) is 3.43. The molecule has 0 radical (unpaired) electrons. The second-order valence-corrected chi connectivity index (χ2v) is 4.90. The smallest absolute Gasteiger partial charge is 0.244 e. The summed E-state index contributed by atoms with van der Waals surface area (Å²) in [5.74, 6) is -0.913. The van der Waals surface area contributed by atoms with Crippen LogP contribution in [0, 0.1) is 12.7 Å². The van der Waals surface area contributed by atoms with Gasteiger partial charge in [0.05, 0.1) is 0 Å². The molecular weight excluding hydrogens is 279 g/mol. The van der Waals surface area contributed by atoms with Crippen molar-refractivity contribution in [2.24, 2.45) is 5.73 Å². The van der Waals surface area contributed by atoms with Crippen LogP contribution in [0.3, 0.4) is 0 Å². The van der Waals surface area contributed by atoms with Gasteiger partial charge in [-0.3, -0.25) is 4.79 Å². The molecule has 2 rings (SSSR count). The second-order valence-electron chi connectivity index (χ2n) is 4.50. The molecule has 0 bridgehead atoms. The van der Waals surface area contributed by atoms with Crippen LogP contribution in [0.4, 0.5) is 10.1 Å². The molecule has 104 valence electrons. The normalized spacial score (nSPS) is 11.9. The molecule has 1 unspecified atom stereocenters. The van der Waals surface area contributed by atoms with E-state index in [4.69, 9.17) is 17.3 Å². The van der Waals surface area contributed by atoms with Crippen molar-refractivity contribution in [2.45, 2.75) is 13.0 Å². The maximum Gasteiger partial charge on any atom is 0.244 e. The van der Waals surface area contributed by atoms with Crippen LogP contribution in [0.15, 0.2) is 42.5 Å². The Labute approximate surface area is 121 Å². The summed E-state index contributed by atoms with van der Waals surface area (Å²) in [6.07, 6.45) is 0. The third-order valence-corrected chi connectivity index (χ3v) is 3.38. The third kappa shape index (κ3) is 3.27. The van der Waals surface area contributed by atoms with E-state index in [0.29, 0.717) is 16.3 Å². The summed E-state index contributed by atoms with van der Waals surface area (Å²) in [7, 11) is 0. The number of aryl methyl sites for hydroxylation is 1. The van der Waals surface area contributed by atoms with E-state index in [2.05, 4.69) is 5.32 Å². The van der Waals surface area contributed by atoms with Crippen molar-refractivity contribution in [3.05, 3.63) is 64.4 Å². The van der Waals surface area contributed by atoms with E-state index in [1.54, 1.807) is 12.1 Å². The summed E-state index contributed by atoms with van der Waals surface area (Å²) >= 11 is 6.04. The van der Waals surface area contributed by atoms with Gasteiger partial charge in [-0.1, -0.05) is 29.8 Å². The highest BCUT2D eigenvalue weighted by Gasteiger charge is 2.17. The van der Waals surface area contributed by atoms with Gasteiger partial charge >= 0.3 is 0 Å². The number of anilines is 1. The maximum atomic E-state index is 12.9. The zero-order valence-corrected chi connectivity index (χ0v) is 11.6. The molecule has 3 N–H and O–H groups in total. The molecule has 0 fully saturated rings. The van der Waals surface area contributed by atoms with Crippen molar-refractivity contribution in [3.63, 3.8) is 0 Å². The van der Waals surface area contributed by atoms with E-state index >= 15 is 0 Å². The lowest BCUT2D eigenvalue weighted by molar-refractivity contribution is -0.118. The first-order valence-electron chi connectivity index (χ1n) is 6.05. The van der Waals surface area contributed by atoms with E-state index in [0.717, 1.165) is 5.56 Å². The van der Waals surface area contributed by atoms with Gasteiger partial charge < -0.3 is 11.1 Å². The highest BCUT2D eigenvalue weighted by molar-refractivity contribution is 6.31. The Hall–Kier alpha value is -2.07. The van der Waals surface area contributed by atoms with Gasteiger partial charge in [0.25, 0.3) is 0 Å². The Kier molecular flexibility index (Phi) is 4.25. The molecule has 0 heterocycles. The minimum Gasteiger partial charge on any atom is -0.370 e. The molecule has 5 heteroatoms. The van der Waals surface area contributed by atoms with Crippen LogP contribution in [0.2, 0.25) is 5.02 Å². The number of halogens is 2. The maximum absolute atomic E-state index is 12.9. The van der Waals surface area contributed by atoms with Crippen molar-refractivity contribution < 1.29 is 9.18 Å². The number of hydrogen-bond donors (Lipinski definition) is 2. The number of benzene rings is 2. The summed E-state index contributed by atoms with van der Waals surface area (Å²) in [4.78, 5) is 11.6. The lowest BCUT2D eigenvalue weighted by Gasteiger charge is -2.17. The molecular formula is C15H14ClFN2O. The summed E-state index contributed by atoms with van der Waals surface area (Å²) in [6.45, 7) is 1.89. The van der Waals surface area contributed by atoms with Gasteiger partial charge in [-0.15, -0.1) is 0 Å². The summed E-state index contributed by atoms with van der Waals surface area (Å²) in [5, 5.41) is 3.60. The third-order valence-electron chi connectivity index (χ3n) is 2.97. The van der Waals surface area contributed by atoms with Crippen LogP contribution in [0.25, 0.3) is 0 Å². The Morgan fingerprint density at radius 1 is 1.25 bits per heavy atom. The number of hydrogen-bond acceptors (Lipinski definition) is 2. The van der Waals surface area contributed by atoms with Crippen LogP contribution in [0.5, 0.6) is 0 Å². The number of nitrogens with two attached hydrogens (primary N) is 1. The molecule has 2 aromatic carbocycles. The molecule has 2 aromatic rings. The highest BCUT2D eigenvalue weighted by Crippen LogP contribution is 2.24. The minimum atomic E-state index is -0.741. The largest absolute Gasteiger partial charge is 0.370 e. The molecule has 1 amide bonds. The minimum absolute atomic E-state index is 0.365. The molecule has 0 saturated heterocycles. The van der Waals surface area contributed by atoms with Gasteiger partial charge in [-0.05, 0) is 42.3 Å². The fraction of sp³-hybridized carbons (Fsp3) is 0.133. The van der Waals surface area contributed by atoms with E-state index in [1.165, 1.54) is 24.3 Å². The molecule has 0 aliphatic heterocycles. The van der Waals surface area contributed by atoms with Crippen LogP contribution in [-0.2, 0) is 4.79 Å². The number of nitrogens with one attached hydrogen (secondary N) is 1. The number of primary amides is 1. The van der Waals surface area contributed by atoms with Crippen LogP contribution in [-0.4, -0.2) is 5.91 Å². The van der Waals surface area contributed by atoms with Crippen LogP contribution < -0.4 is 11.1 Å². The zero-order chi connectivity index (χ0) is 14.7. The first-order valence-corrected chi connectivity index (χ1v) is 6.42. The number of carbonyl (C=O) groups excluding carboxylic acids is 1. The number of amides is 1. The lowest BCUT2D eigenvalue weighted by atomic mass is 10.1. The quantitative estimate of drug-likeness (QED) is 0.907. The van der Waals surface area contributed by atoms with Gasteiger partial charge in [-0.2, -0.15) is 0 Å². The first kappa shape index (κ1) is 14.3. The predicted molar refractivity (Wildman–Crippen MR) is 78.1 cm³/mol. The zero-order valence-electron chi connectivity index (χ0n) is 10.9.